The minimum Gasteiger partial charge on any atom is -0.396 e. The van der Waals surface area contributed by atoms with E-state index >= 15 is 0 Å². The van der Waals surface area contributed by atoms with Gasteiger partial charge in [-0.3, -0.25) is 4.79 Å². The summed E-state index contributed by atoms with van der Waals surface area (Å²) >= 11 is 0. The number of aliphatic hydroxyl groups excluding tert-OH is 1. The van der Waals surface area contributed by atoms with Crippen LogP contribution < -0.4 is 5.73 Å². The average molecular weight is 290 g/mol. The minimum atomic E-state index is -0.440. The van der Waals surface area contributed by atoms with E-state index in [1.165, 1.54) is 12.0 Å². The van der Waals surface area contributed by atoms with Crippen LogP contribution in [0.4, 0.5) is 0 Å². The molecule has 1 atom stereocenters. The fraction of sp³-hybridized carbons (Fsp3) is 0.588. The van der Waals surface area contributed by atoms with Gasteiger partial charge in [-0.05, 0) is 44.1 Å². The predicted molar refractivity (Wildman–Crippen MR) is 83.8 cm³/mol. The summed E-state index contributed by atoms with van der Waals surface area (Å²) in [6.45, 7) is 0.745. The molecule has 1 fully saturated rings. The number of benzene rings is 1. The maximum absolute atomic E-state index is 12.5. The van der Waals surface area contributed by atoms with Crippen molar-refractivity contribution in [3.05, 3.63) is 35.9 Å². The Hall–Kier alpha value is -1.39. The Kier molecular flexibility index (Phi) is 6.21. The van der Waals surface area contributed by atoms with Gasteiger partial charge in [-0.25, -0.2) is 0 Å². The van der Waals surface area contributed by atoms with Crippen molar-refractivity contribution in [3.63, 3.8) is 0 Å². The Labute approximate surface area is 126 Å². The van der Waals surface area contributed by atoms with Crippen molar-refractivity contribution in [1.29, 1.82) is 0 Å². The molecule has 4 nitrogen and oxygen atoms in total. The molecule has 0 heterocycles. The summed E-state index contributed by atoms with van der Waals surface area (Å²) in [5, 5.41) is 8.99. The molecule has 4 heteroatoms. The van der Waals surface area contributed by atoms with Crippen molar-refractivity contribution in [3.8, 4) is 0 Å². The van der Waals surface area contributed by atoms with E-state index < -0.39 is 6.04 Å². The molecule has 0 saturated heterocycles. The molecule has 0 aliphatic heterocycles. The van der Waals surface area contributed by atoms with Crippen LogP contribution in [0.15, 0.2) is 30.3 Å². The van der Waals surface area contributed by atoms with Crippen LogP contribution in [0.2, 0.25) is 0 Å². The number of hydrogen-bond acceptors (Lipinski definition) is 3. The highest BCUT2D eigenvalue weighted by atomic mass is 16.3. The molecule has 1 amide bonds. The first kappa shape index (κ1) is 16.0. The Morgan fingerprint density at radius 2 is 2.05 bits per heavy atom. The third kappa shape index (κ3) is 4.55. The molecule has 21 heavy (non-hydrogen) atoms. The van der Waals surface area contributed by atoms with Crippen LogP contribution in [0.5, 0.6) is 0 Å². The van der Waals surface area contributed by atoms with Crippen LogP contribution >= 0.6 is 0 Å². The highest BCUT2D eigenvalue weighted by Gasteiger charge is 2.30. The molecule has 1 aromatic rings. The van der Waals surface area contributed by atoms with Gasteiger partial charge in [-0.2, -0.15) is 0 Å². The van der Waals surface area contributed by atoms with Gasteiger partial charge in [0.25, 0.3) is 0 Å². The number of nitrogens with zero attached hydrogens (tertiary/aromatic N) is 1. The van der Waals surface area contributed by atoms with Crippen molar-refractivity contribution in [1.82, 2.24) is 4.90 Å². The minimum absolute atomic E-state index is 0.0454. The van der Waals surface area contributed by atoms with Crippen LogP contribution in [0.1, 0.15) is 37.7 Å². The molecule has 116 valence electrons. The Bertz CT molecular complexity index is 432. The van der Waals surface area contributed by atoms with E-state index in [0.29, 0.717) is 25.4 Å². The number of rotatable bonds is 8. The largest absolute Gasteiger partial charge is 0.396 e. The van der Waals surface area contributed by atoms with Crippen molar-refractivity contribution in [2.45, 2.75) is 50.6 Å². The molecule has 0 radical (unpaired) electrons. The third-order valence-electron chi connectivity index (χ3n) is 4.26. The van der Waals surface area contributed by atoms with E-state index in [1.54, 1.807) is 0 Å². The van der Waals surface area contributed by atoms with E-state index in [1.807, 2.05) is 23.1 Å². The van der Waals surface area contributed by atoms with Crippen molar-refractivity contribution in [2.24, 2.45) is 5.73 Å². The number of aliphatic hydroxyl groups is 1. The molecular formula is C17H26N2O2. The summed E-state index contributed by atoms with van der Waals surface area (Å²) < 4.78 is 0. The van der Waals surface area contributed by atoms with Crippen LogP contribution in [0.25, 0.3) is 0 Å². The van der Waals surface area contributed by atoms with Gasteiger partial charge < -0.3 is 15.7 Å². The van der Waals surface area contributed by atoms with Crippen LogP contribution in [0, 0.1) is 0 Å². The molecule has 1 aliphatic carbocycles. The van der Waals surface area contributed by atoms with E-state index in [2.05, 4.69) is 12.1 Å². The van der Waals surface area contributed by atoms with Gasteiger partial charge in [-0.1, -0.05) is 30.3 Å². The number of carbonyl (C=O) groups excluding carboxylic acids is 1. The van der Waals surface area contributed by atoms with Gasteiger partial charge >= 0.3 is 0 Å². The summed E-state index contributed by atoms with van der Waals surface area (Å²) in [4.78, 5) is 14.4. The number of amides is 1. The van der Waals surface area contributed by atoms with E-state index in [0.717, 1.165) is 19.3 Å². The molecule has 1 aromatic carbocycles. The number of nitrogens with two attached hydrogens (primary N) is 1. The molecule has 1 saturated carbocycles. The molecule has 0 aromatic heterocycles. The smallest absolute Gasteiger partial charge is 0.239 e. The van der Waals surface area contributed by atoms with Crippen LogP contribution in [-0.2, 0) is 11.2 Å². The van der Waals surface area contributed by atoms with Crippen molar-refractivity contribution in [2.75, 3.05) is 13.2 Å². The fourth-order valence-electron chi connectivity index (χ4n) is 2.72. The van der Waals surface area contributed by atoms with Crippen molar-refractivity contribution < 1.29 is 9.90 Å². The molecule has 0 bridgehead atoms. The maximum atomic E-state index is 12.5. The fourth-order valence-corrected chi connectivity index (χ4v) is 2.72. The Morgan fingerprint density at radius 1 is 1.33 bits per heavy atom. The topological polar surface area (TPSA) is 66.6 Å². The average Bonchev–Trinajstić information content (AvgIpc) is 2.47. The highest BCUT2D eigenvalue weighted by molar-refractivity contribution is 5.82. The molecule has 1 aliphatic rings. The first-order chi connectivity index (χ1) is 10.2. The maximum Gasteiger partial charge on any atom is 0.239 e. The summed E-state index contributed by atoms with van der Waals surface area (Å²) in [5.74, 6) is 0.0454. The zero-order chi connectivity index (χ0) is 15.1. The van der Waals surface area contributed by atoms with E-state index in [4.69, 9.17) is 10.8 Å². The summed E-state index contributed by atoms with van der Waals surface area (Å²) in [6.07, 6.45) is 5.46. The molecular weight excluding hydrogens is 264 g/mol. The highest BCUT2D eigenvalue weighted by Crippen LogP contribution is 2.25. The SMILES string of the molecule is N[C@@H](CCc1ccccc1)C(=O)N(CCCO)C1CCC1. The normalized spacial score (nSPS) is 16.3. The second-order valence-corrected chi connectivity index (χ2v) is 5.82. The first-order valence-electron chi connectivity index (χ1n) is 7.93. The Balaban J connectivity index is 1.86. The predicted octanol–water partition coefficient (Wildman–Crippen LogP) is 1.71. The summed E-state index contributed by atoms with van der Waals surface area (Å²) in [7, 11) is 0. The zero-order valence-electron chi connectivity index (χ0n) is 12.6. The van der Waals surface area contributed by atoms with Gasteiger partial charge in [0, 0.05) is 19.2 Å². The standard InChI is InChI=1S/C17H26N2O2/c18-16(11-10-14-6-2-1-3-7-14)17(21)19(12-5-13-20)15-8-4-9-15/h1-3,6-7,15-16,20H,4-5,8-13,18H2/t16-/m0/s1. The number of hydrogen-bond donors (Lipinski definition) is 2. The van der Waals surface area contributed by atoms with E-state index in [-0.39, 0.29) is 12.5 Å². The molecule has 0 spiro atoms. The molecule has 2 rings (SSSR count). The quantitative estimate of drug-likeness (QED) is 0.766. The van der Waals surface area contributed by atoms with Crippen LogP contribution in [0.3, 0.4) is 0 Å². The molecule has 0 unspecified atom stereocenters. The summed E-state index contributed by atoms with van der Waals surface area (Å²) in [5.41, 5.74) is 7.31. The third-order valence-corrected chi connectivity index (χ3v) is 4.26. The van der Waals surface area contributed by atoms with Crippen LogP contribution in [-0.4, -0.2) is 41.1 Å². The zero-order valence-corrected chi connectivity index (χ0v) is 12.6. The van der Waals surface area contributed by atoms with Crippen molar-refractivity contribution >= 4 is 5.91 Å². The lowest BCUT2D eigenvalue weighted by Gasteiger charge is -2.39. The van der Waals surface area contributed by atoms with Gasteiger partial charge in [0.15, 0.2) is 0 Å². The van der Waals surface area contributed by atoms with Gasteiger partial charge in [0.2, 0.25) is 5.91 Å². The van der Waals surface area contributed by atoms with E-state index in [9.17, 15) is 4.79 Å². The van der Waals surface area contributed by atoms with Gasteiger partial charge in [-0.15, -0.1) is 0 Å². The van der Waals surface area contributed by atoms with Gasteiger partial charge in [0.1, 0.15) is 0 Å². The lowest BCUT2D eigenvalue weighted by atomic mass is 9.90. The second kappa shape index (κ2) is 8.15. The second-order valence-electron chi connectivity index (χ2n) is 5.82. The van der Waals surface area contributed by atoms with Gasteiger partial charge in [0.05, 0.1) is 6.04 Å². The number of carbonyl (C=O) groups is 1. The lowest BCUT2D eigenvalue weighted by Crippen LogP contribution is -2.51. The first-order valence-corrected chi connectivity index (χ1v) is 7.93. The number of aryl methyl sites for hydroxylation is 1. The Morgan fingerprint density at radius 3 is 2.62 bits per heavy atom. The molecule has 3 N–H and O–H groups in total. The lowest BCUT2D eigenvalue weighted by molar-refractivity contribution is -0.137. The monoisotopic (exact) mass is 290 g/mol. The summed E-state index contributed by atoms with van der Waals surface area (Å²) in [6, 6.07) is 10.0.